The maximum absolute atomic E-state index is 13.3. The van der Waals surface area contributed by atoms with Crippen molar-refractivity contribution in [3.63, 3.8) is 0 Å². The highest BCUT2D eigenvalue weighted by atomic mass is 16.7. The Morgan fingerprint density at radius 2 is 2.03 bits per heavy atom. The number of amides is 3. The smallest absolute Gasteiger partial charge is 0.324 e. The lowest BCUT2D eigenvalue weighted by molar-refractivity contribution is -0.202. The molecule has 0 bridgehead atoms. The molecule has 8 heteroatoms. The van der Waals surface area contributed by atoms with E-state index < -0.39 is 5.79 Å². The van der Waals surface area contributed by atoms with E-state index in [0.717, 1.165) is 31.2 Å². The van der Waals surface area contributed by atoms with Gasteiger partial charge in [-0.25, -0.2) is 4.79 Å². The van der Waals surface area contributed by atoms with Crippen molar-refractivity contribution in [3.8, 4) is 0 Å². The van der Waals surface area contributed by atoms with Gasteiger partial charge >= 0.3 is 6.03 Å². The minimum absolute atomic E-state index is 0.0945. The minimum atomic E-state index is -0.459. The van der Waals surface area contributed by atoms with Gasteiger partial charge in [-0.2, -0.15) is 0 Å². The van der Waals surface area contributed by atoms with Gasteiger partial charge in [-0.3, -0.25) is 14.7 Å². The van der Waals surface area contributed by atoms with E-state index in [9.17, 15) is 9.59 Å². The first-order chi connectivity index (χ1) is 14.5. The van der Waals surface area contributed by atoms with Crippen molar-refractivity contribution in [1.29, 1.82) is 0 Å². The zero-order chi connectivity index (χ0) is 21.1. The number of nitrogens with zero attached hydrogens (tertiary/aromatic N) is 3. The van der Waals surface area contributed by atoms with Gasteiger partial charge in [-0.1, -0.05) is 0 Å². The fourth-order valence-corrected chi connectivity index (χ4v) is 5.32. The molecule has 4 rings (SSSR count). The highest BCUT2D eigenvalue weighted by molar-refractivity contribution is 5.95. The molecule has 3 heterocycles. The van der Waals surface area contributed by atoms with Crippen LogP contribution in [0.15, 0.2) is 24.5 Å². The van der Waals surface area contributed by atoms with Gasteiger partial charge < -0.3 is 19.7 Å². The number of rotatable bonds is 4. The van der Waals surface area contributed by atoms with Crippen LogP contribution >= 0.6 is 0 Å². The summed E-state index contributed by atoms with van der Waals surface area (Å²) in [5, 5.41) is 2.86. The molecule has 1 saturated carbocycles. The number of carbonyl (C=O) groups is 2. The SMILES string of the molecule is CCN(C(=O)NCc1ccncc1)C(=O)[C@@H]1C[C@@H]2CC3(CC[C@H]2N(C)C1)OCCO3. The number of fused-ring (bicyclic) bond motifs is 1. The van der Waals surface area contributed by atoms with Gasteiger partial charge in [0.2, 0.25) is 5.91 Å². The molecule has 1 N–H and O–H groups in total. The molecule has 0 radical (unpaired) electrons. The third-order valence-corrected chi connectivity index (χ3v) is 6.78. The molecule has 0 unspecified atom stereocenters. The summed E-state index contributed by atoms with van der Waals surface area (Å²) >= 11 is 0. The Kier molecular flexibility index (Phi) is 6.36. The third-order valence-electron chi connectivity index (χ3n) is 6.78. The zero-order valence-electron chi connectivity index (χ0n) is 17.9. The number of ether oxygens (including phenoxy) is 2. The number of carbonyl (C=O) groups excluding carboxylic acids is 2. The summed E-state index contributed by atoms with van der Waals surface area (Å²) in [6, 6.07) is 3.80. The second kappa shape index (κ2) is 8.99. The van der Waals surface area contributed by atoms with Crippen LogP contribution in [-0.4, -0.2) is 71.9 Å². The average Bonchev–Trinajstić information content (AvgIpc) is 3.20. The number of urea groups is 1. The van der Waals surface area contributed by atoms with Gasteiger partial charge in [0.25, 0.3) is 0 Å². The van der Waals surface area contributed by atoms with Crippen LogP contribution in [-0.2, 0) is 20.8 Å². The summed E-state index contributed by atoms with van der Waals surface area (Å²) < 4.78 is 11.9. The highest BCUT2D eigenvalue weighted by Gasteiger charge is 2.49. The molecule has 30 heavy (non-hydrogen) atoms. The molecule has 1 aromatic rings. The molecule has 3 aliphatic rings. The number of nitrogens with one attached hydrogen (secondary N) is 1. The number of imide groups is 1. The molecular formula is C22H32N4O4. The first-order valence-electron chi connectivity index (χ1n) is 11.0. The quantitative estimate of drug-likeness (QED) is 0.808. The zero-order valence-corrected chi connectivity index (χ0v) is 17.9. The summed E-state index contributed by atoms with van der Waals surface area (Å²) in [4.78, 5) is 33.6. The summed E-state index contributed by atoms with van der Waals surface area (Å²) in [6.07, 6.45) is 6.91. The number of hydrogen-bond acceptors (Lipinski definition) is 6. The molecule has 8 nitrogen and oxygen atoms in total. The maximum Gasteiger partial charge on any atom is 0.324 e. The number of piperidine rings is 1. The molecule has 1 spiro atoms. The first-order valence-corrected chi connectivity index (χ1v) is 11.0. The number of hydrogen-bond donors (Lipinski definition) is 1. The van der Waals surface area contributed by atoms with Crippen LogP contribution in [0, 0.1) is 11.8 Å². The van der Waals surface area contributed by atoms with E-state index in [1.54, 1.807) is 12.4 Å². The van der Waals surface area contributed by atoms with Gasteiger partial charge in [-0.15, -0.1) is 0 Å². The summed E-state index contributed by atoms with van der Waals surface area (Å²) in [5.74, 6) is -0.412. The Morgan fingerprint density at radius 1 is 1.30 bits per heavy atom. The summed E-state index contributed by atoms with van der Waals surface area (Å²) in [5.41, 5.74) is 0.950. The molecule has 2 saturated heterocycles. The van der Waals surface area contributed by atoms with Crippen LogP contribution < -0.4 is 5.32 Å². The standard InChI is InChI=1S/C22H32N4O4/c1-3-26(21(28)24-14-16-5-8-23-9-6-16)20(27)18-12-17-13-22(29-10-11-30-22)7-4-19(17)25(2)15-18/h5-6,8-9,17-19H,3-4,7,10-15H2,1-2H3,(H,24,28)/t17-,18-,19-/m1/s1. The highest BCUT2D eigenvalue weighted by Crippen LogP contribution is 2.45. The Balaban J connectivity index is 1.39. The molecular weight excluding hydrogens is 384 g/mol. The van der Waals surface area contributed by atoms with E-state index in [4.69, 9.17) is 9.47 Å². The van der Waals surface area contributed by atoms with Crippen molar-refractivity contribution in [3.05, 3.63) is 30.1 Å². The second-order valence-corrected chi connectivity index (χ2v) is 8.65. The van der Waals surface area contributed by atoms with Crippen molar-refractivity contribution in [2.75, 3.05) is 33.4 Å². The van der Waals surface area contributed by atoms with Crippen molar-refractivity contribution in [2.24, 2.45) is 11.8 Å². The van der Waals surface area contributed by atoms with E-state index >= 15 is 0 Å². The molecule has 164 valence electrons. The van der Waals surface area contributed by atoms with Gasteiger partial charge in [0, 0.05) is 50.9 Å². The van der Waals surface area contributed by atoms with Crippen molar-refractivity contribution in [1.82, 2.24) is 20.1 Å². The minimum Gasteiger partial charge on any atom is -0.348 e. The van der Waals surface area contributed by atoms with Crippen LogP contribution in [0.25, 0.3) is 0 Å². The summed E-state index contributed by atoms with van der Waals surface area (Å²) in [6.45, 7) is 4.55. The lowest BCUT2D eigenvalue weighted by atomic mass is 9.72. The first kappa shape index (κ1) is 21.2. The van der Waals surface area contributed by atoms with Crippen LogP contribution in [0.5, 0.6) is 0 Å². The molecule has 1 aromatic heterocycles. The largest absolute Gasteiger partial charge is 0.348 e. The van der Waals surface area contributed by atoms with E-state index in [-0.39, 0.29) is 17.9 Å². The Labute approximate surface area is 177 Å². The van der Waals surface area contributed by atoms with E-state index in [2.05, 4.69) is 22.2 Å². The van der Waals surface area contributed by atoms with Crippen molar-refractivity contribution < 1.29 is 19.1 Å². The fourth-order valence-electron chi connectivity index (χ4n) is 5.32. The van der Waals surface area contributed by atoms with Crippen molar-refractivity contribution in [2.45, 2.75) is 51.0 Å². The molecule has 3 atom stereocenters. The van der Waals surface area contributed by atoms with Gasteiger partial charge in [0.05, 0.1) is 19.1 Å². The second-order valence-electron chi connectivity index (χ2n) is 8.65. The van der Waals surface area contributed by atoms with Crippen LogP contribution in [0.1, 0.15) is 38.2 Å². The topological polar surface area (TPSA) is 84.0 Å². The average molecular weight is 417 g/mol. The molecule has 3 amide bonds. The Hall–Kier alpha value is -2.03. The Morgan fingerprint density at radius 3 is 2.73 bits per heavy atom. The monoisotopic (exact) mass is 416 g/mol. The van der Waals surface area contributed by atoms with Crippen LogP contribution in [0.3, 0.4) is 0 Å². The summed E-state index contributed by atoms with van der Waals surface area (Å²) in [7, 11) is 2.09. The van der Waals surface area contributed by atoms with Gasteiger partial charge in [-0.05, 0) is 50.4 Å². The lowest BCUT2D eigenvalue weighted by Gasteiger charge is -2.49. The van der Waals surface area contributed by atoms with Crippen LogP contribution in [0.2, 0.25) is 0 Å². The lowest BCUT2D eigenvalue weighted by Crippen LogP contribution is -2.57. The molecule has 2 aliphatic heterocycles. The Bertz CT molecular complexity index is 753. The number of likely N-dealkylation sites (tertiary alicyclic amines) is 1. The van der Waals surface area contributed by atoms with E-state index in [1.165, 1.54) is 4.90 Å². The normalized spacial score (nSPS) is 28.1. The molecule has 1 aliphatic carbocycles. The number of pyridine rings is 1. The van der Waals surface area contributed by atoms with Crippen molar-refractivity contribution >= 4 is 11.9 Å². The molecule has 0 aromatic carbocycles. The predicted molar refractivity (Wildman–Crippen MR) is 110 cm³/mol. The fraction of sp³-hybridized carbons (Fsp3) is 0.682. The molecule has 3 fully saturated rings. The maximum atomic E-state index is 13.3. The number of aromatic nitrogens is 1. The van der Waals surface area contributed by atoms with Gasteiger partial charge in [0.15, 0.2) is 5.79 Å². The third kappa shape index (κ3) is 4.36. The predicted octanol–water partition coefficient (Wildman–Crippen LogP) is 2.00. The van der Waals surface area contributed by atoms with Gasteiger partial charge in [0.1, 0.15) is 0 Å². The van der Waals surface area contributed by atoms with E-state index in [1.807, 2.05) is 19.1 Å². The van der Waals surface area contributed by atoms with E-state index in [0.29, 0.717) is 44.8 Å². The van der Waals surface area contributed by atoms with Crippen LogP contribution in [0.4, 0.5) is 4.79 Å².